The minimum Gasteiger partial charge on any atom is -0.513 e. The molecule has 3 rings (SSSR count). The molecule has 26 heavy (non-hydrogen) atoms. The highest BCUT2D eigenvalue weighted by molar-refractivity contribution is 7.07. The zero-order valence-corrected chi connectivity index (χ0v) is 15.1. The highest BCUT2D eigenvalue weighted by Crippen LogP contribution is 2.21. The largest absolute Gasteiger partial charge is 0.513 e. The second-order valence-electron chi connectivity index (χ2n) is 5.41. The van der Waals surface area contributed by atoms with Crippen molar-refractivity contribution >= 4 is 41.0 Å². The molecule has 1 atom stereocenters. The van der Waals surface area contributed by atoms with E-state index in [4.69, 9.17) is 11.6 Å². The Hall–Kier alpha value is -2.71. The summed E-state index contributed by atoms with van der Waals surface area (Å²) in [4.78, 5) is 33.8. The third kappa shape index (κ3) is 3.76. The number of benzene rings is 1. The van der Waals surface area contributed by atoms with Crippen molar-refractivity contribution in [2.75, 3.05) is 13.1 Å². The van der Waals surface area contributed by atoms with Gasteiger partial charge in [-0.05, 0) is 17.7 Å². The number of aliphatic hydroxyl groups excluding tert-OH is 1. The van der Waals surface area contributed by atoms with Crippen LogP contribution in [-0.4, -0.2) is 46.1 Å². The molecule has 0 bridgehead atoms. The Balaban J connectivity index is 2.05. The van der Waals surface area contributed by atoms with E-state index in [0.29, 0.717) is 29.1 Å². The van der Waals surface area contributed by atoms with Gasteiger partial charge in [-0.1, -0.05) is 23.7 Å². The first-order chi connectivity index (χ1) is 12.6. The lowest BCUT2D eigenvalue weighted by molar-refractivity contribution is -0.126. The molecule has 0 saturated heterocycles. The zero-order valence-electron chi connectivity index (χ0n) is 13.5. The Kier molecular flexibility index (Phi) is 5.65. The van der Waals surface area contributed by atoms with Crippen LogP contribution in [0.2, 0.25) is 5.02 Å². The van der Waals surface area contributed by atoms with Crippen LogP contribution in [0.1, 0.15) is 17.3 Å². The van der Waals surface area contributed by atoms with Crippen molar-refractivity contribution in [3.05, 3.63) is 63.4 Å². The van der Waals surface area contributed by atoms with E-state index < -0.39 is 5.91 Å². The van der Waals surface area contributed by atoms with Gasteiger partial charge in [-0.2, -0.15) is 0 Å². The number of hydrogen-bond acceptors (Lipinski definition) is 7. The normalized spacial score (nSPS) is 19.5. The summed E-state index contributed by atoms with van der Waals surface area (Å²) in [7, 11) is 0. The summed E-state index contributed by atoms with van der Waals surface area (Å²) >= 11 is 7.29. The van der Waals surface area contributed by atoms with Gasteiger partial charge in [-0.25, -0.2) is 4.98 Å². The van der Waals surface area contributed by atoms with Gasteiger partial charge in [0.05, 0.1) is 24.6 Å². The molecule has 0 unspecified atom stereocenters. The molecule has 0 aliphatic carbocycles. The lowest BCUT2D eigenvalue weighted by Gasteiger charge is -2.28. The molecule has 1 aromatic carbocycles. The maximum atomic E-state index is 12.8. The van der Waals surface area contributed by atoms with Crippen LogP contribution in [0.25, 0.3) is 0 Å². The summed E-state index contributed by atoms with van der Waals surface area (Å²) in [5, 5.41) is 14.9. The molecule has 0 spiro atoms. The molecule has 1 aliphatic heterocycles. The highest BCUT2D eigenvalue weighted by atomic mass is 35.5. The van der Waals surface area contributed by atoms with Crippen LogP contribution in [-0.2, 0) is 9.59 Å². The van der Waals surface area contributed by atoms with Gasteiger partial charge in [0.15, 0.2) is 5.84 Å². The van der Waals surface area contributed by atoms with Gasteiger partial charge in [0.2, 0.25) is 0 Å². The summed E-state index contributed by atoms with van der Waals surface area (Å²) in [6.45, 7) is 0.0777. The summed E-state index contributed by atoms with van der Waals surface area (Å²) < 4.78 is 0. The molecular formula is C17H15ClN4O3S. The van der Waals surface area contributed by atoms with Crippen molar-refractivity contribution in [2.24, 2.45) is 4.99 Å². The number of carbonyl (C=O) groups is 2. The molecule has 0 radical (unpaired) electrons. The van der Waals surface area contributed by atoms with Gasteiger partial charge < -0.3 is 15.2 Å². The lowest BCUT2D eigenvalue weighted by Crippen LogP contribution is -2.45. The Morgan fingerprint density at radius 1 is 1.38 bits per heavy atom. The van der Waals surface area contributed by atoms with E-state index >= 15 is 0 Å². The van der Waals surface area contributed by atoms with Gasteiger partial charge in [-0.3, -0.25) is 14.7 Å². The number of nitrogens with one attached hydrogen (secondary N) is 1. The Morgan fingerprint density at radius 2 is 2.15 bits per heavy atom. The first-order valence-electron chi connectivity index (χ1n) is 7.69. The van der Waals surface area contributed by atoms with E-state index in [1.54, 1.807) is 23.0 Å². The molecule has 0 saturated carbocycles. The van der Waals surface area contributed by atoms with Gasteiger partial charge in [0.1, 0.15) is 23.9 Å². The third-order valence-corrected chi connectivity index (χ3v) is 4.64. The average molecular weight is 391 g/mol. The van der Waals surface area contributed by atoms with Crippen LogP contribution in [0.3, 0.4) is 0 Å². The zero-order chi connectivity index (χ0) is 18.5. The molecule has 134 valence electrons. The van der Waals surface area contributed by atoms with Crippen LogP contribution < -0.4 is 5.32 Å². The van der Waals surface area contributed by atoms with E-state index in [-0.39, 0.29) is 24.8 Å². The van der Waals surface area contributed by atoms with Gasteiger partial charge in [-0.15, -0.1) is 11.3 Å². The van der Waals surface area contributed by atoms with Crippen LogP contribution in [0.15, 0.2) is 52.1 Å². The van der Waals surface area contributed by atoms with Crippen molar-refractivity contribution in [2.45, 2.75) is 6.04 Å². The van der Waals surface area contributed by atoms with Crippen molar-refractivity contribution in [3.8, 4) is 0 Å². The summed E-state index contributed by atoms with van der Waals surface area (Å²) in [5.74, 6) is -0.270. The fourth-order valence-corrected chi connectivity index (χ4v) is 3.22. The fourth-order valence-electron chi connectivity index (χ4n) is 2.56. The second kappa shape index (κ2) is 8.11. The molecule has 7 nitrogen and oxygen atoms in total. The number of hydrogen-bond donors (Lipinski definition) is 2. The molecule has 1 amide bonds. The van der Waals surface area contributed by atoms with E-state index in [2.05, 4.69) is 15.3 Å². The first-order valence-corrected chi connectivity index (χ1v) is 9.01. The van der Waals surface area contributed by atoms with E-state index in [0.717, 1.165) is 5.56 Å². The van der Waals surface area contributed by atoms with Gasteiger partial charge in [0, 0.05) is 10.4 Å². The number of nitrogens with zero attached hydrogens (tertiary/aromatic N) is 3. The number of aromatic nitrogens is 1. The molecule has 2 heterocycles. The number of amidine groups is 1. The Bertz CT molecular complexity index is 849. The predicted molar refractivity (Wildman–Crippen MR) is 99.3 cm³/mol. The highest BCUT2D eigenvalue weighted by Gasteiger charge is 2.29. The summed E-state index contributed by atoms with van der Waals surface area (Å²) in [6.07, 6.45) is 1.31. The van der Waals surface area contributed by atoms with Crippen molar-refractivity contribution in [1.29, 1.82) is 0 Å². The van der Waals surface area contributed by atoms with Crippen molar-refractivity contribution in [3.63, 3.8) is 0 Å². The van der Waals surface area contributed by atoms with Crippen LogP contribution in [0.5, 0.6) is 0 Å². The monoisotopic (exact) mass is 390 g/mol. The third-order valence-electron chi connectivity index (χ3n) is 3.80. The number of thiazole rings is 1. The molecule has 2 N–H and O–H groups in total. The topological polar surface area (TPSA) is 94.9 Å². The van der Waals surface area contributed by atoms with Crippen LogP contribution in [0.4, 0.5) is 0 Å². The number of carbonyl (C=O) groups excluding carboxylic acids is 2. The molecule has 1 aromatic heterocycles. The molecule has 9 heteroatoms. The van der Waals surface area contributed by atoms with Crippen LogP contribution in [0, 0.1) is 0 Å². The van der Waals surface area contributed by atoms with E-state index in [1.165, 1.54) is 16.2 Å². The van der Waals surface area contributed by atoms with Gasteiger partial charge >= 0.3 is 0 Å². The van der Waals surface area contributed by atoms with Crippen LogP contribution >= 0.6 is 22.9 Å². The standard InChI is InChI=1S/C17H15ClN4O3S/c18-12-3-1-11(2-4-12)13-7-19-16(15-9-26-10-20-15)22(5-6-23)17(25)14(8-24)21-13/h1-4,6,8-10,13,21,24H,5,7H2/b14-8-,19-16?/t13-/m0/s1. The molecular weight excluding hydrogens is 376 g/mol. The quantitative estimate of drug-likeness (QED) is 0.474. The Morgan fingerprint density at radius 3 is 2.77 bits per heavy atom. The minimum atomic E-state index is -0.565. The maximum absolute atomic E-state index is 12.8. The molecule has 1 aliphatic rings. The molecule has 0 fully saturated rings. The number of rotatable bonds is 4. The minimum absolute atomic E-state index is 0.0329. The number of halogens is 1. The Labute approximate surface area is 158 Å². The van der Waals surface area contributed by atoms with E-state index in [1.807, 2.05) is 12.1 Å². The van der Waals surface area contributed by atoms with E-state index in [9.17, 15) is 14.7 Å². The summed E-state index contributed by atoms with van der Waals surface area (Å²) in [6, 6.07) is 6.77. The van der Waals surface area contributed by atoms with Gasteiger partial charge in [0.25, 0.3) is 5.91 Å². The second-order valence-corrected chi connectivity index (χ2v) is 6.57. The lowest BCUT2D eigenvalue weighted by atomic mass is 10.1. The number of aldehydes is 1. The predicted octanol–water partition coefficient (Wildman–Crippen LogP) is 2.31. The summed E-state index contributed by atoms with van der Waals surface area (Å²) in [5.41, 5.74) is 2.94. The van der Waals surface area contributed by atoms with Crippen molar-refractivity contribution < 1.29 is 14.7 Å². The number of aliphatic hydroxyl groups is 1. The number of aliphatic imine (C=N–C) groups is 1. The first kappa shape index (κ1) is 18.1. The maximum Gasteiger partial charge on any atom is 0.279 e. The SMILES string of the molecule is O=CCN1C(=O)/C(=C/O)N[C@H](c2ccc(Cl)cc2)CN=C1c1cscn1. The smallest absolute Gasteiger partial charge is 0.279 e. The average Bonchev–Trinajstić information content (AvgIpc) is 3.17. The number of amides is 1. The fraction of sp³-hybridized carbons (Fsp3) is 0.176. The van der Waals surface area contributed by atoms with Crippen molar-refractivity contribution in [1.82, 2.24) is 15.2 Å². The molecule has 2 aromatic rings.